The van der Waals surface area contributed by atoms with Crippen molar-refractivity contribution < 1.29 is 9.59 Å². The highest BCUT2D eigenvalue weighted by molar-refractivity contribution is 5.94. The van der Waals surface area contributed by atoms with Crippen molar-refractivity contribution in [1.29, 1.82) is 0 Å². The standard InChI is InChI=1S/C24H29N3O2/c1-5-16(4)23(24(29)15(2)3)27-22(28)12-19-14-26-21-9-8-17(11-20(19)21)18-7-6-10-25-13-18/h6-11,13-16,23,26H,5,12H2,1-4H3,(H,27,28)/t16-,23-/m0/s1. The fourth-order valence-electron chi connectivity index (χ4n) is 3.52. The molecule has 1 amide bonds. The second-order valence-corrected chi connectivity index (χ2v) is 7.98. The van der Waals surface area contributed by atoms with Crippen LogP contribution < -0.4 is 5.32 Å². The molecule has 3 rings (SSSR count). The van der Waals surface area contributed by atoms with Crippen molar-refractivity contribution in [2.24, 2.45) is 11.8 Å². The second-order valence-electron chi connectivity index (χ2n) is 7.98. The van der Waals surface area contributed by atoms with E-state index < -0.39 is 6.04 Å². The fraction of sp³-hybridized carbons (Fsp3) is 0.375. The van der Waals surface area contributed by atoms with Crippen molar-refractivity contribution in [2.75, 3.05) is 0 Å². The van der Waals surface area contributed by atoms with E-state index in [4.69, 9.17) is 0 Å². The van der Waals surface area contributed by atoms with Crippen molar-refractivity contribution in [1.82, 2.24) is 15.3 Å². The Bertz CT molecular complexity index is 992. The molecule has 0 saturated carbocycles. The highest BCUT2D eigenvalue weighted by Crippen LogP contribution is 2.26. The molecule has 0 aliphatic heterocycles. The van der Waals surface area contributed by atoms with Crippen LogP contribution in [0.5, 0.6) is 0 Å². The summed E-state index contributed by atoms with van der Waals surface area (Å²) in [6.07, 6.45) is 6.52. The van der Waals surface area contributed by atoms with Crippen LogP contribution >= 0.6 is 0 Å². The molecule has 3 aromatic rings. The lowest BCUT2D eigenvalue weighted by Gasteiger charge is -2.24. The molecule has 0 aliphatic rings. The van der Waals surface area contributed by atoms with Crippen LogP contribution in [0.1, 0.15) is 39.7 Å². The molecule has 152 valence electrons. The van der Waals surface area contributed by atoms with Gasteiger partial charge in [0.2, 0.25) is 5.91 Å². The predicted octanol–water partition coefficient (Wildman–Crippen LogP) is 4.53. The summed E-state index contributed by atoms with van der Waals surface area (Å²) < 4.78 is 0. The van der Waals surface area contributed by atoms with Crippen molar-refractivity contribution in [3.63, 3.8) is 0 Å². The van der Waals surface area contributed by atoms with E-state index in [9.17, 15) is 9.59 Å². The van der Waals surface area contributed by atoms with Gasteiger partial charge >= 0.3 is 0 Å². The number of pyridine rings is 1. The van der Waals surface area contributed by atoms with E-state index in [1.807, 2.05) is 64.4 Å². The van der Waals surface area contributed by atoms with Crippen molar-refractivity contribution >= 4 is 22.6 Å². The van der Waals surface area contributed by atoms with Crippen molar-refractivity contribution in [3.8, 4) is 11.1 Å². The van der Waals surface area contributed by atoms with Gasteiger partial charge in [0.1, 0.15) is 0 Å². The number of fused-ring (bicyclic) bond motifs is 1. The second kappa shape index (κ2) is 9.03. The van der Waals surface area contributed by atoms with Crippen LogP contribution in [-0.2, 0) is 16.0 Å². The van der Waals surface area contributed by atoms with Gasteiger partial charge in [-0.15, -0.1) is 0 Å². The summed E-state index contributed by atoms with van der Waals surface area (Å²) in [5, 5.41) is 4.00. The maximum atomic E-state index is 12.8. The minimum Gasteiger partial charge on any atom is -0.361 e. The first-order valence-electron chi connectivity index (χ1n) is 10.2. The van der Waals surface area contributed by atoms with Gasteiger partial charge in [0.25, 0.3) is 0 Å². The van der Waals surface area contributed by atoms with Crippen LogP contribution in [0.4, 0.5) is 0 Å². The van der Waals surface area contributed by atoms with Gasteiger partial charge < -0.3 is 10.3 Å². The number of rotatable bonds is 8. The van der Waals surface area contributed by atoms with Crippen LogP contribution in [0, 0.1) is 11.8 Å². The Balaban J connectivity index is 1.82. The van der Waals surface area contributed by atoms with Gasteiger partial charge in [-0.05, 0) is 35.2 Å². The van der Waals surface area contributed by atoms with Gasteiger partial charge in [-0.25, -0.2) is 0 Å². The van der Waals surface area contributed by atoms with Gasteiger partial charge in [0, 0.05) is 41.0 Å². The first kappa shape index (κ1) is 20.8. The largest absolute Gasteiger partial charge is 0.361 e. The lowest BCUT2D eigenvalue weighted by molar-refractivity contribution is -0.130. The van der Waals surface area contributed by atoms with Crippen LogP contribution in [-0.4, -0.2) is 27.7 Å². The van der Waals surface area contributed by atoms with E-state index in [0.717, 1.165) is 34.0 Å². The number of aromatic amines is 1. The van der Waals surface area contributed by atoms with E-state index in [-0.39, 0.29) is 29.9 Å². The number of carbonyl (C=O) groups excluding carboxylic acids is 2. The molecule has 5 nitrogen and oxygen atoms in total. The number of carbonyl (C=O) groups is 2. The Hall–Kier alpha value is -2.95. The Morgan fingerprint density at radius 3 is 2.59 bits per heavy atom. The van der Waals surface area contributed by atoms with Crippen LogP contribution in [0.15, 0.2) is 48.9 Å². The number of benzene rings is 1. The molecule has 2 aromatic heterocycles. The summed E-state index contributed by atoms with van der Waals surface area (Å²) in [5.41, 5.74) is 3.99. The Labute approximate surface area is 171 Å². The summed E-state index contributed by atoms with van der Waals surface area (Å²) in [6.45, 7) is 7.81. The van der Waals surface area contributed by atoms with Gasteiger partial charge in [-0.3, -0.25) is 14.6 Å². The summed E-state index contributed by atoms with van der Waals surface area (Å²) in [4.78, 5) is 32.8. The lowest BCUT2D eigenvalue weighted by atomic mass is 9.90. The zero-order valence-corrected chi connectivity index (χ0v) is 17.5. The monoisotopic (exact) mass is 391 g/mol. The first-order chi connectivity index (χ1) is 13.9. The fourth-order valence-corrected chi connectivity index (χ4v) is 3.52. The van der Waals surface area contributed by atoms with Gasteiger partial charge in [0.05, 0.1) is 12.5 Å². The van der Waals surface area contributed by atoms with E-state index in [1.165, 1.54) is 0 Å². The number of ketones is 1. The van der Waals surface area contributed by atoms with Crippen LogP contribution in [0.3, 0.4) is 0 Å². The Morgan fingerprint density at radius 2 is 1.93 bits per heavy atom. The third-order valence-electron chi connectivity index (χ3n) is 5.52. The Kier molecular flexibility index (Phi) is 6.47. The molecule has 0 bridgehead atoms. The molecule has 0 spiro atoms. The zero-order valence-electron chi connectivity index (χ0n) is 17.5. The smallest absolute Gasteiger partial charge is 0.225 e. The minimum atomic E-state index is -0.441. The molecule has 0 unspecified atom stereocenters. The third kappa shape index (κ3) is 4.73. The normalized spacial score (nSPS) is 13.4. The molecule has 5 heteroatoms. The number of aromatic nitrogens is 2. The summed E-state index contributed by atoms with van der Waals surface area (Å²) in [5.74, 6) is -0.0408. The number of nitrogens with one attached hydrogen (secondary N) is 2. The van der Waals surface area contributed by atoms with Crippen molar-refractivity contribution in [3.05, 3.63) is 54.5 Å². The summed E-state index contributed by atoms with van der Waals surface area (Å²) in [7, 11) is 0. The van der Waals surface area contributed by atoms with Crippen LogP contribution in [0.2, 0.25) is 0 Å². The van der Waals surface area contributed by atoms with Gasteiger partial charge in [-0.2, -0.15) is 0 Å². The molecular formula is C24H29N3O2. The van der Waals surface area contributed by atoms with E-state index in [0.29, 0.717) is 0 Å². The average molecular weight is 392 g/mol. The predicted molar refractivity (Wildman–Crippen MR) is 116 cm³/mol. The molecule has 1 aromatic carbocycles. The van der Waals surface area contributed by atoms with Gasteiger partial charge in [0.15, 0.2) is 5.78 Å². The minimum absolute atomic E-state index is 0.0884. The molecule has 2 atom stereocenters. The molecule has 0 radical (unpaired) electrons. The number of hydrogen-bond donors (Lipinski definition) is 2. The molecule has 0 aliphatic carbocycles. The highest BCUT2D eigenvalue weighted by atomic mass is 16.2. The van der Waals surface area contributed by atoms with Crippen molar-refractivity contribution in [2.45, 2.75) is 46.6 Å². The number of H-pyrrole nitrogens is 1. The zero-order chi connectivity index (χ0) is 21.0. The topological polar surface area (TPSA) is 74.8 Å². The quantitative estimate of drug-likeness (QED) is 0.592. The maximum absolute atomic E-state index is 12.8. The maximum Gasteiger partial charge on any atom is 0.225 e. The third-order valence-corrected chi connectivity index (χ3v) is 5.52. The summed E-state index contributed by atoms with van der Waals surface area (Å²) >= 11 is 0. The molecule has 0 fully saturated rings. The number of hydrogen-bond acceptors (Lipinski definition) is 3. The van der Waals surface area contributed by atoms with Gasteiger partial charge in [-0.1, -0.05) is 46.2 Å². The van der Waals surface area contributed by atoms with Crippen LogP contribution in [0.25, 0.3) is 22.0 Å². The molecule has 29 heavy (non-hydrogen) atoms. The SMILES string of the molecule is CC[C@H](C)[C@H](NC(=O)Cc1c[nH]c2ccc(-c3cccnc3)cc12)C(=O)C(C)C. The van der Waals surface area contributed by atoms with E-state index >= 15 is 0 Å². The molecule has 0 saturated heterocycles. The highest BCUT2D eigenvalue weighted by Gasteiger charge is 2.27. The average Bonchev–Trinajstić information content (AvgIpc) is 3.13. The van der Waals surface area contributed by atoms with E-state index in [1.54, 1.807) is 6.20 Å². The first-order valence-corrected chi connectivity index (χ1v) is 10.2. The Morgan fingerprint density at radius 1 is 1.14 bits per heavy atom. The number of Topliss-reactive ketones (excluding diaryl/α,β-unsaturated/α-hetero) is 1. The molecule has 2 N–H and O–H groups in total. The molecular weight excluding hydrogens is 362 g/mol. The number of amides is 1. The van der Waals surface area contributed by atoms with E-state index in [2.05, 4.69) is 21.4 Å². The molecule has 2 heterocycles. The lowest BCUT2D eigenvalue weighted by Crippen LogP contribution is -2.47. The summed E-state index contributed by atoms with van der Waals surface area (Å²) in [6, 6.07) is 9.62. The number of nitrogens with zero attached hydrogens (tertiary/aromatic N) is 1.